The summed E-state index contributed by atoms with van der Waals surface area (Å²) in [5.74, 6) is -0.900. The fourth-order valence-corrected chi connectivity index (χ4v) is 3.26. The average molecular weight is 399 g/mol. The Morgan fingerprint density at radius 1 is 1.18 bits per heavy atom. The molecule has 0 spiro atoms. The Morgan fingerprint density at radius 3 is 2.46 bits per heavy atom. The Balaban J connectivity index is 2.04. The molecule has 3 N–H and O–H groups in total. The Morgan fingerprint density at radius 2 is 1.89 bits per heavy atom. The van der Waals surface area contributed by atoms with E-state index in [4.69, 9.17) is 5.84 Å². The van der Waals surface area contributed by atoms with E-state index in [-0.39, 0.29) is 34.0 Å². The number of fused-ring (bicyclic) bond motifs is 3. The van der Waals surface area contributed by atoms with Crippen LogP contribution in [-0.4, -0.2) is 26.5 Å². The van der Waals surface area contributed by atoms with Crippen LogP contribution in [0.2, 0.25) is 0 Å². The first-order valence-electron chi connectivity index (χ1n) is 8.42. The SMILES string of the molecule is NNC(=O)c1cn2c(ccc3c(C(F)(F)C(F)(F)F)cc(C4CCC4)nc32)n1. The standard InChI is InChI=1S/C17H14F5N5O/c18-16(19,17(20,21)22)10-6-11(8-2-1-3-8)25-14-9(10)4-5-13-24-12(7-27(13)14)15(28)26-23/h4-8H,1-3,23H2,(H,26,28). The third kappa shape index (κ3) is 2.68. The first-order chi connectivity index (χ1) is 13.1. The molecule has 1 fully saturated rings. The lowest BCUT2D eigenvalue weighted by Crippen LogP contribution is -2.34. The third-order valence-corrected chi connectivity index (χ3v) is 5.00. The van der Waals surface area contributed by atoms with Gasteiger partial charge in [0.25, 0.3) is 5.91 Å². The van der Waals surface area contributed by atoms with Crippen molar-refractivity contribution in [1.29, 1.82) is 0 Å². The number of carbonyl (C=O) groups excluding carboxylic acids is 1. The molecule has 6 nitrogen and oxygen atoms in total. The zero-order valence-corrected chi connectivity index (χ0v) is 14.2. The first-order valence-corrected chi connectivity index (χ1v) is 8.42. The lowest BCUT2D eigenvalue weighted by Gasteiger charge is -2.27. The summed E-state index contributed by atoms with van der Waals surface area (Å²) in [7, 11) is 0. The minimum absolute atomic E-state index is 0.116. The van der Waals surface area contributed by atoms with Crippen molar-refractivity contribution in [2.45, 2.75) is 37.3 Å². The number of carbonyl (C=O) groups is 1. The molecule has 0 saturated heterocycles. The summed E-state index contributed by atoms with van der Waals surface area (Å²) >= 11 is 0. The maximum Gasteiger partial charge on any atom is 0.458 e. The van der Waals surface area contributed by atoms with Crippen LogP contribution >= 0.6 is 0 Å². The summed E-state index contributed by atoms with van der Waals surface area (Å²) in [6, 6.07) is 3.19. The zero-order chi connectivity index (χ0) is 20.3. The number of pyridine rings is 2. The number of imidazole rings is 1. The second kappa shape index (κ2) is 6.09. The van der Waals surface area contributed by atoms with Crippen molar-refractivity contribution < 1.29 is 26.7 Å². The predicted molar refractivity (Wildman–Crippen MR) is 88.7 cm³/mol. The highest BCUT2D eigenvalue weighted by Gasteiger charge is 2.59. The molecule has 3 aromatic heterocycles. The summed E-state index contributed by atoms with van der Waals surface area (Å²) in [6.07, 6.45) is -2.38. The van der Waals surface area contributed by atoms with Gasteiger partial charge in [-0.1, -0.05) is 6.42 Å². The van der Waals surface area contributed by atoms with E-state index >= 15 is 0 Å². The molecule has 0 radical (unpaired) electrons. The minimum Gasteiger partial charge on any atom is -0.289 e. The van der Waals surface area contributed by atoms with Crippen LogP contribution in [0.4, 0.5) is 22.0 Å². The topological polar surface area (TPSA) is 85.3 Å². The van der Waals surface area contributed by atoms with Gasteiger partial charge in [0.05, 0.1) is 0 Å². The van der Waals surface area contributed by atoms with Crippen LogP contribution in [0.5, 0.6) is 0 Å². The van der Waals surface area contributed by atoms with E-state index in [0.29, 0.717) is 12.8 Å². The van der Waals surface area contributed by atoms with Gasteiger partial charge in [-0.2, -0.15) is 22.0 Å². The van der Waals surface area contributed by atoms with Gasteiger partial charge in [-0.05, 0) is 31.0 Å². The van der Waals surface area contributed by atoms with E-state index in [9.17, 15) is 26.7 Å². The van der Waals surface area contributed by atoms with Crippen molar-refractivity contribution in [1.82, 2.24) is 19.8 Å². The van der Waals surface area contributed by atoms with Crippen molar-refractivity contribution >= 4 is 22.6 Å². The molecule has 0 bridgehead atoms. The molecule has 4 rings (SSSR count). The zero-order valence-electron chi connectivity index (χ0n) is 14.2. The molecule has 0 unspecified atom stereocenters. The maximum absolute atomic E-state index is 14.3. The number of rotatable bonds is 3. The number of hydrogen-bond donors (Lipinski definition) is 2. The Hall–Kier alpha value is -2.82. The molecule has 28 heavy (non-hydrogen) atoms. The van der Waals surface area contributed by atoms with Gasteiger partial charge >= 0.3 is 12.1 Å². The molecule has 1 amide bonds. The maximum atomic E-state index is 14.3. The lowest BCUT2D eigenvalue weighted by molar-refractivity contribution is -0.288. The van der Waals surface area contributed by atoms with Crippen molar-refractivity contribution in [3.63, 3.8) is 0 Å². The molecule has 3 aromatic rings. The number of nitrogens with two attached hydrogens (primary N) is 1. The predicted octanol–water partition coefficient (Wildman–Crippen LogP) is 3.41. The molecule has 1 aliphatic rings. The fourth-order valence-electron chi connectivity index (χ4n) is 3.26. The second-order valence-corrected chi connectivity index (χ2v) is 6.69. The van der Waals surface area contributed by atoms with E-state index in [2.05, 4.69) is 9.97 Å². The number of hydrogen-bond acceptors (Lipinski definition) is 4. The number of halogens is 5. The van der Waals surface area contributed by atoms with Gasteiger partial charge in [0.15, 0.2) is 0 Å². The lowest BCUT2D eigenvalue weighted by atomic mass is 9.82. The van der Waals surface area contributed by atoms with Gasteiger partial charge in [0, 0.05) is 28.8 Å². The Bertz CT molecular complexity index is 1090. The number of nitrogens with zero attached hydrogens (tertiary/aromatic N) is 3. The molecule has 0 atom stereocenters. The monoisotopic (exact) mass is 399 g/mol. The molecule has 1 saturated carbocycles. The molecule has 11 heteroatoms. The van der Waals surface area contributed by atoms with Crippen LogP contribution < -0.4 is 11.3 Å². The van der Waals surface area contributed by atoms with E-state index in [1.807, 2.05) is 5.43 Å². The summed E-state index contributed by atoms with van der Waals surface area (Å²) in [6.45, 7) is 0. The molecule has 0 aromatic carbocycles. The van der Waals surface area contributed by atoms with E-state index < -0.39 is 23.6 Å². The van der Waals surface area contributed by atoms with Gasteiger partial charge in [-0.15, -0.1) is 0 Å². The summed E-state index contributed by atoms with van der Waals surface area (Å²) in [4.78, 5) is 20.0. The van der Waals surface area contributed by atoms with Crippen LogP contribution in [0.3, 0.4) is 0 Å². The number of amides is 1. The van der Waals surface area contributed by atoms with Crippen LogP contribution in [0.15, 0.2) is 24.4 Å². The molecule has 148 valence electrons. The van der Waals surface area contributed by atoms with Gasteiger partial charge in [-0.3, -0.25) is 14.6 Å². The summed E-state index contributed by atoms with van der Waals surface area (Å²) in [5.41, 5.74) is 0.835. The fraction of sp³-hybridized carbons (Fsp3) is 0.353. The van der Waals surface area contributed by atoms with Crippen molar-refractivity contribution in [2.75, 3.05) is 0 Å². The van der Waals surface area contributed by atoms with E-state index in [1.165, 1.54) is 16.7 Å². The van der Waals surface area contributed by atoms with Crippen LogP contribution in [0.1, 0.15) is 46.9 Å². The normalized spacial score (nSPS) is 15.8. The highest BCUT2D eigenvalue weighted by Crippen LogP contribution is 2.47. The summed E-state index contributed by atoms with van der Waals surface area (Å²) in [5, 5.41) is -0.366. The number of nitrogen functional groups attached to an aromatic ring is 1. The minimum atomic E-state index is -5.76. The second-order valence-electron chi connectivity index (χ2n) is 6.69. The van der Waals surface area contributed by atoms with Gasteiger partial charge in [-0.25, -0.2) is 15.8 Å². The van der Waals surface area contributed by atoms with Gasteiger partial charge in [0.1, 0.15) is 17.0 Å². The van der Waals surface area contributed by atoms with Crippen LogP contribution in [0, 0.1) is 0 Å². The Kier molecular flexibility index (Phi) is 4.03. The first kappa shape index (κ1) is 18.5. The van der Waals surface area contributed by atoms with Crippen LogP contribution in [-0.2, 0) is 5.92 Å². The highest BCUT2D eigenvalue weighted by molar-refractivity contribution is 5.93. The van der Waals surface area contributed by atoms with Crippen molar-refractivity contribution in [3.8, 4) is 0 Å². The molecule has 0 aliphatic heterocycles. The average Bonchev–Trinajstić information content (AvgIpc) is 3.02. The number of alkyl halides is 5. The van der Waals surface area contributed by atoms with Crippen molar-refractivity contribution in [3.05, 3.63) is 41.3 Å². The highest BCUT2D eigenvalue weighted by atomic mass is 19.4. The van der Waals surface area contributed by atoms with Gasteiger partial charge < -0.3 is 0 Å². The molecule has 3 heterocycles. The molecular weight excluding hydrogens is 385 g/mol. The Labute approximate surface area is 154 Å². The van der Waals surface area contributed by atoms with Gasteiger partial charge in [0.2, 0.25) is 0 Å². The largest absolute Gasteiger partial charge is 0.458 e. The van der Waals surface area contributed by atoms with Crippen LogP contribution in [0.25, 0.3) is 16.7 Å². The number of hydrazine groups is 1. The number of aromatic nitrogens is 3. The van der Waals surface area contributed by atoms with Crippen molar-refractivity contribution in [2.24, 2.45) is 5.84 Å². The number of nitrogens with one attached hydrogen (secondary N) is 1. The quantitative estimate of drug-likeness (QED) is 0.306. The smallest absolute Gasteiger partial charge is 0.289 e. The third-order valence-electron chi connectivity index (χ3n) is 5.00. The molecular formula is C17H14F5N5O. The van der Waals surface area contributed by atoms with E-state index in [0.717, 1.165) is 18.6 Å². The van der Waals surface area contributed by atoms with E-state index in [1.54, 1.807) is 0 Å². The summed E-state index contributed by atoms with van der Waals surface area (Å²) < 4.78 is 69.1. The molecule has 1 aliphatic carbocycles.